The Balaban J connectivity index is 1.62. The van der Waals surface area contributed by atoms with Crippen LogP contribution in [-0.4, -0.2) is 61.8 Å². The molecule has 4 atom stereocenters. The molecule has 1 amide bonds. The first-order valence-electron chi connectivity index (χ1n) is 12.2. The minimum absolute atomic E-state index is 0.00313. The van der Waals surface area contributed by atoms with E-state index in [0.29, 0.717) is 0 Å². The van der Waals surface area contributed by atoms with Gasteiger partial charge in [0, 0.05) is 13.8 Å². The van der Waals surface area contributed by atoms with Gasteiger partial charge in [0.15, 0.2) is 12.3 Å². The third-order valence-electron chi connectivity index (χ3n) is 5.33. The normalized spacial score (nSPS) is 18.9. The van der Waals surface area contributed by atoms with E-state index in [1.54, 1.807) is 24.3 Å². The van der Waals surface area contributed by atoms with E-state index in [1.165, 1.54) is 26.0 Å². The van der Waals surface area contributed by atoms with Crippen molar-refractivity contribution < 1.29 is 47.6 Å². The maximum Gasteiger partial charge on any atom is 0.408 e. The van der Waals surface area contributed by atoms with Crippen molar-refractivity contribution in [2.75, 3.05) is 13.2 Å². The molecule has 1 heterocycles. The highest BCUT2D eigenvalue weighted by atomic mass is 16.7. The summed E-state index contributed by atoms with van der Waals surface area (Å²) in [5.74, 6) is -1.82. The zero-order chi connectivity index (χ0) is 28.0. The van der Waals surface area contributed by atoms with Crippen molar-refractivity contribution in [1.29, 1.82) is 0 Å². The van der Waals surface area contributed by atoms with E-state index < -0.39 is 48.5 Å². The Hall–Kier alpha value is -4.22. The minimum Gasteiger partial charge on any atom is -0.463 e. The van der Waals surface area contributed by atoms with Crippen molar-refractivity contribution in [2.45, 2.75) is 51.6 Å². The summed E-state index contributed by atoms with van der Waals surface area (Å²) in [4.78, 5) is 48.0. The van der Waals surface area contributed by atoms with Crippen molar-refractivity contribution in [3.8, 4) is 0 Å². The summed E-state index contributed by atoms with van der Waals surface area (Å²) in [5, 5.41) is 2.47. The number of nitrogens with one attached hydrogen (secondary N) is 1. The van der Waals surface area contributed by atoms with Crippen LogP contribution in [0.15, 0.2) is 72.8 Å². The lowest BCUT2D eigenvalue weighted by molar-refractivity contribution is -0.199. The number of carbonyl (C=O) groups is 4. The van der Waals surface area contributed by atoms with Crippen LogP contribution in [0.4, 0.5) is 4.79 Å². The van der Waals surface area contributed by atoms with Gasteiger partial charge in [0.05, 0.1) is 6.61 Å². The van der Waals surface area contributed by atoms with Gasteiger partial charge in [-0.3, -0.25) is 9.59 Å². The highest BCUT2D eigenvalue weighted by Gasteiger charge is 2.32. The Kier molecular flexibility index (Phi) is 11.5. The maximum atomic E-state index is 12.9. The molecule has 0 aliphatic carbocycles. The molecule has 11 nitrogen and oxygen atoms in total. The van der Waals surface area contributed by atoms with Gasteiger partial charge in [-0.1, -0.05) is 60.7 Å². The van der Waals surface area contributed by atoms with Crippen molar-refractivity contribution >= 4 is 24.0 Å². The SMILES string of the molecule is CC(=O)OC[C@H]1O[C@H](OC[C@H](NC(=O)OCc2ccccc2)C(=O)OCc2ccccc2)C=C[C@@H]1OC(C)=O. The monoisotopic (exact) mass is 541 g/mol. The Bertz CT molecular complexity index is 1120. The molecule has 2 aromatic rings. The molecule has 0 aromatic heterocycles. The molecular formula is C28H31NO10. The van der Waals surface area contributed by atoms with Gasteiger partial charge >= 0.3 is 24.0 Å². The predicted octanol–water partition coefficient (Wildman–Crippen LogP) is 2.82. The van der Waals surface area contributed by atoms with Gasteiger partial charge in [-0.15, -0.1) is 0 Å². The number of carbonyl (C=O) groups excluding carboxylic acids is 4. The van der Waals surface area contributed by atoms with Gasteiger partial charge in [-0.05, 0) is 23.3 Å². The number of hydrogen-bond donors (Lipinski definition) is 1. The van der Waals surface area contributed by atoms with Crippen LogP contribution in [0.3, 0.4) is 0 Å². The number of amides is 1. The van der Waals surface area contributed by atoms with Crippen LogP contribution >= 0.6 is 0 Å². The van der Waals surface area contributed by atoms with Gasteiger partial charge < -0.3 is 33.7 Å². The molecule has 0 fully saturated rings. The number of rotatable bonds is 12. The first-order chi connectivity index (χ1) is 18.8. The molecular weight excluding hydrogens is 510 g/mol. The average molecular weight is 542 g/mol. The molecule has 0 saturated carbocycles. The van der Waals surface area contributed by atoms with Gasteiger partial charge in [-0.2, -0.15) is 0 Å². The summed E-state index contributed by atoms with van der Waals surface area (Å²) in [6.07, 6.45) is -0.471. The first kappa shape index (κ1) is 29.3. The molecule has 1 aliphatic heterocycles. The molecule has 39 heavy (non-hydrogen) atoms. The van der Waals surface area contributed by atoms with Gasteiger partial charge in [0.2, 0.25) is 0 Å². The van der Waals surface area contributed by atoms with Crippen LogP contribution in [-0.2, 0) is 56.0 Å². The summed E-state index contributed by atoms with van der Waals surface area (Å²) in [7, 11) is 0. The van der Waals surface area contributed by atoms with Crippen molar-refractivity contribution in [1.82, 2.24) is 5.32 Å². The molecule has 0 saturated heterocycles. The van der Waals surface area contributed by atoms with Gasteiger partial charge in [0.1, 0.15) is 32.0 Å². The lowest BCUT2D eigenvalue weighted by Gasteiger charge is -2.31. The third-order valence-corrected chi connectivity index (χ3v) is 5.33. The minimum atomic E-state index is -1.23. The van der Waals surface area contributed by atoms with Gasteiger partial charge in [-0.25, -0.2) is 9.59 Å². The summed E-state index contributed by atoms with van der Waals surface area (Å²) in [5.41, 5.74) is 1.54. The van der Waals surface area contributed by atoms with Crippen LogP contribution in [0.25, 0.3) is 0 Å². The summed E-state index contributed by atoms with van der Waals surface area (Å²) < 4.78 is 32.3. The molecule has 1 aliphatic rings. The highest BCUT2D eigenvalue weighted by Crippen LogP contribution is 2.18. The van der Waals surface area contributed by atoms with Crippen LogP contribution in [0, 0.1) is 0 Å². The Morgan fingerprint density at radius 2 is 1.44 bits per heavy atom. The maximum absolute atomic E-state index is 12.9. The number of benzene rings is 2. The van der Waals surface area contributed by atoms with E-state index >= 15 is 0 Å². The molecule has 0 radical (unpaired) electrons. The van der Waals surface area contributed by atoms with Crippen LogP contribution < -0.4 is 5.32 Å². The first-order valence-corrected chi connectivity index (χ1v) is 12.2. The molecule has 0 unspecified atom stereocenters. The summed E-state index contributed by atoms with van der Waals surface area (Å²) in [6.45, 7) is 1.95. The third kappa shape index (κ3) is 10.6. The number of hydrogen-bond acceptors (Lipinski definition) is 10. The quantitative estimate of drug-likeness (QED) is 0.243. The molecule has 208 valence electrons. The largest absolute Gasteiger partial charge is 0.463 e. The fraction of sp³-hybridized carbons (Fsp3) is 0.357. The number of ether oxygens (including phenoxy) is 6. The standard InChI is InChI=1S/C28H31NO10/c1-19(30)34-18-25-24(38-20(2)31)13-14-26(39-25)35-17-23(27(32)36-15-21-9-5-3-6-10-21)29-28(33)37-16-22-11-7-4-8-12-22/h3-14,23-26H,15-18H2,1-2H3,(H,29,33)/t23-,24-,25+,26-/m0/s1. The van der Waals surface area contributed by atoms with E-state index in [2.05, 4.69) is 5.32 Å². The van der Waals surface area contributed by atoms with Crippen LogP contribution in [0.2, 0.25) is 0 Å². The van der Waals surface area contributed by atoms with E-state index in [4.69, 9.17) is 28.4 Å². The topological polar surface area (TPSA) is 136 Å². The Morgan fingerprint density at radius 1 is 0.821 bits per heavy atom. The second-order valence-electron chi connectivity index (χ2n) is 8.49. The smallest absolute Gasteiger partial charge is 0.408 e. The van der Waals surface area contributed by atoms with Crippen molar-refractivity contribution in [3.63, 3.8) is 0 Å². The summed E-state index contributed by atoms with van der Waals surface area (Å²) in [6, 6.07) is 16.9. The highest BCUT2D eigenvalue weighted by molar-refractivity contribution is 5.81. The molecule has 1 N–H and O–H groups in total. The Labute approximate surface area is 226 Å². The summed E-state index contributed by atoms with van der Waals surface area (Å²) >= 11 is 0. The molecule has 11 heteroatoms. The zero-order valence-electron chi connectivity index (χ0n) is 21.6. The molecule has 2 aromatic carbocycles. The van der Waals surface area contributed by atoms with E-state index in [0.717, 1.165) is 11.1 Å². The fourth-order valence-corrected chi connectivity index (χ4v) is 3.45. The average Bonchev–Trinajstić information content (AvgIpc) is 2.93. The molecule has 0 spiro atoms. The molecule has 3 rings (SSSR count). The van der Waals surface area contributed by atoms with E-state index in [-0.39, 0.29) is 26.4 Å². The van der Waals surface area contributed by atoms with E-state index in [1.807, 2.05) is 36.4 Å². The van der Waals surface area contributed by atoms with Crippen LogP contribution in [0.1, 0.15) is 25.0 Å². The fourth-order valence-electron chi connectivity index (χ4n) is 3.45. The van der Waals surface area contributed by atoms with Gasteiger partial charge in [0.25, 0.3) is 0 Å². The lowest BCUT2D eigenvalue weighted by atomic mass is 10.1. The zero-order valence-corrected chi connectivity index (χ0v) is 21.6. The lowest BCUT2D eigenvalue weighted by Crippen LogP contribution is -2.47. The predicted molar refractivity (Wildman–Crippen MR) is 136 cm³/mol. The second kappa shape index (κ2) is 15.3. The number of alkyl carbamates (subject to hydrolysis) is 1. The van der Waals surface area contributed by atoms with E-state index in [9.17, 15) is 19.2 Å². The van der Waals surface area contributed by atoms with Crippen LogP contribution in [0.5, 0.6) is 0 Å². The van der Waals surface area contributed by atoms with Crippen molar-refractivity contribution in [2.24, 2.45) is 0 Å². The van der Waals surface area contributed by atoms with Crippen molar-refractivity contribution in [3.05, 3.63) is 83.9 Å². The molecule has 0 bridgehead atoms. The second-order valence-corrected chi connectivity index (χ2v) is 8.49. The Morgan fingerprint density at radius 3 is 2.03 bits per heavy atom. The number of esters is 3.